The van der Waals surface area contributed by atoms with Crippen molar-refractivity contribution in [1.82, 2.24) is 0 Å². The summed E-state index contributed by atoms with van der Waals surface area (Å²) in [6.45, 7) is 12.1. The largest absolute Gasteiger partial charge is 0.311 e. The fourth-order valence-electron chi connectivity index (χ4n) is 13.0. The molecule has 4 aliphatic carbocycles. The Morgan fingerprint density at radius 2 is 1.00 bits per heavy atom. The highest BCUT2D eigenvalue weighted by molar-refractivity contribution is 5.85. The van der Waals surface area contributed by atoms with E-state index < -0.39 is 0 Å². The van der Waals surface area contributed by atoms with E-state index >= 15 is 0 Å². The molecule has 5 unspecified atom stereocenters. The van der Waals surface area contributed by atoms with Crippen LogP contribution >= 0.6 is 0 Å². The Hall–Kier alpha value is -5.86. The maximum atomic E-state index is 2.47. The van der Waals surface area contributed by atoms with E-state index in [9.17, 15) is 0 Å². The number of hydrogen-bond acceptors (Lipinski definition) is 2. The van der Waals surface area contributed by atoms with Crippen LogP contribution in [0.2, 0.25) is 0 Å². The molecule has 0 aliphatic heterocycles. The molecular weight excluding hydrogens is 773 g/mol. The highest BCUT2D eigenvalue weighted by Crippen LogP contribution is 2.55. The monoisotopic (exact) mass is 837 g/mol. The number of anilines is 6. The minimum absolute atomic E-state index is 0.0713. The normalized spacial score (nSPS) is 23.1. The average Bonchev–Trinajstić information content (AvgIpc) is 4.03. The predicted molar refractivity (Wildman–Crippen MR) is 270 cm³/mol. The molecule has 64 heavy (non-hydrogen) atoms. The van der Waals surface area contributed by atoms with Crippen LogP contribution in [0.4, 0.5) is 34.1 Å². The topological polar surface area (TPSA) is 6.48 Å². The van der Waals surface area contributed by atoms with Gasteiger partial charge in [0.05, 0.1) is 0 Å². The van der Waals surface area contributed by atoms with E-state index in [2.05, 4.69) is 220 Å². The van der Waals surface area contributed by atoms with Crippen LogP contribution in [-0.4, -0.2) is 0 Å². The Kier molecular flexibility index (Phi) is 10.2. The summed E-state index contributed by atoms with van der Waals surface area (Å²) in [6.07, 6.45) is 10.5. The zero-order valence-corrected chi connectivity index (χ0v) is 38.6. The molecular formula is C62H64N2. The second kappa shape index (κ2) is 16.0. The Balaban J connectivity index is 0.957. The summed E-state index contributed by atoms with van der Waals surface area (Å²) in [4.78, 5) is 4.90. The Labute approximate surface area is 383 Å². The van der Waals surface area contributed by atoms with E-state index in [1.54, 1.807) is 0 Å². The van der Waals surface area contributed by atoms with Gasteiger partial charge in [0.2, 0.25) is 0 Å². The third kappa shape index (κ3) is 7.09. The van der Waals surface area contributed by atoms with Gasteiger partial charge in [-0.15, -0.1) is 0 Å². The van der Waals surface area contributed by atoms with Crippen molar-refractivity contribution < 1.29 is 0 Å². The lowest BCUT2D eigenvalue weighted by molar-refractivity contribution is 0.137. The molecule has 2 heteroatoms. The molecule has 0 heterocycles. The van der Waals surface area contributed by atoms with E-state index in [1.165, 1.54) is 112 Å². The van der Waals surface area contributed by atoms with Crippen molar-refractivity contribution in [3.8, 4) is 11.1 Å². The summed E-state index contributed by atoms with van der Waals surface area (Å²) in [5.74, 6) is 3.19. The first kappa shape index (κ1) is 40.9. The maximum absolute atomic E-state index is 2.47. The third-order valence-corrected chi connectivity index (χ3v) is 16.5. The average molecular weight is 837 g/mol. The molecule has 11 rings (SSSR count). The van der Waals surface area contributed by atoms with E-state index in [0.717, 1.165) is 30.6 Å². The fourth-order valence-corrected chi connectivity index (χ4v) is 13.0. The lowest BCUT2D eigenvalue weighted by Gasteiger charge is -2.46. The van der Waals surface area contributed by atoms with E-state index in [1.807, 2.05) is 0 Å². The first-order chi connectivity index (χ1) is 31.1. The minimum Gasteiger partial charge on any atom is -0.311 e. The van der Waals surface area contributed by atoms with Crippen molar-refractivity contribution >= 4 is 34.1 Å². The van der Waals surface area contributed by atoms with Gasteiger partial charge in [-0.05, 0) is 179 Å². The number of nitrogens with zero attached hydrogens (tertiary/aromatic N) is 2. The number of para-hydroxylation sites is 2. The molecule has 4 aliphatic rings. The molecule has 3 fully saturated rings. The van der Waals surface area contributed by atoms with Crippen LogP contribution in [0.15, 0.2) is 176 Å². The fraction of sp³-hybridized carbons (Fsp3) is 0.323. The molecule has 2 nitrogen and oxygen atoms in total. The molecule has 0 spiro atoms. The quantitative estimate of drug-likeness (QED) is 0.143. The molecule has 0 radical (unpaired) electrons. The van der Waals surface area contributed by atoms with Crippen molar-refractivity contribution in [3.05, 3.63) is 204 Å². The maximum Gasteiger partial charge on any atom is 0.0465 e. The molecule has 3 saturated carbocycles. The summed E-state index contributed by atoms with van der Waals surface area (Å²) in [6, 6.07) is 67.0. The van der Waals surface area contributed by atoms with Crippen molar-refractivity contribution in [2.75, 3.05) is 9.80 Å². The summed E-state index contributed by atoms with van der Waals surface area (Å²) in [5.41, 5.74) is 17.1. The molecule has 5 atom stereocenters. The van der Waals surface area contributed by atoms with Crippen LogP contribution in [0.3, 0.4) is 0 Å². The molecule has 7 aromatic rings. The summed E-state index contributed by atoms with van der Waals surface area (Å²) >= 11 is 0. The van der Waals surface area contributed by atoms with Gasteiger partial charge in [0.15, 0.2) is 0 Å². The lowest BCUT2D eigenvalue weighted by atomic mass is 9.58. The Bertz CT molecular complexity index is 2740. The second-order valence-electron chi connectivity index (χ2n) is 21.5. The zero-order valence-electron chi connectivity index (χ0n) is 38.6. The van der Waals surface area contributed by atoms with Gasteiger partial charge >= 0.3 is 0 Å². The van der Waals surface area contributed by atoms with Gasteiger partial charge < -0.3 is 9.80 Å². The van der Waals surface area contributed by atoms with Crippen LogP contribution in [0.1, 0.15) is 120 Å². The zero-order chi connectivity index (χ0) is 43.6. The van der Waals surface area contributed by atoms with Crippen molar-refractivity contribution in [1.29, 1.82) is 0 Å². The summed E-state index contributed by atoms with van der Waals surface area (Å²) in [5, 5.41) is 0. The van der Waals surface area contributed by atoms with Crippen LogP contribution in [0, 0.1) is 23.2 Å². The first-order valence-electron chi connectivity index (χ1n) is 24.3. The van der Waals surface area contributed by atoms with E-state index in [-0.39, 0.29) is 16.2 Å². The first-order valence-corrected chi connectivity index (χ1v) is 24.3. The van der Waals surface area contributed by atoms with Crippen LogP contribution in [0.25, 0.3) is 11.1 Å². The van der Waals surface area contributed by atoms with Crippen LogP contribution in [0.5, 0.6) is 0 Å². The molecule has 7 aromatic carbocycles. The molecule has 0 amide bonds. The van der Waals surface area contributed by atoms with Crippen molar-refractivity contribution in [2.45, 2.75) is 103 Å². The number of fused-ring (bicyclic) bond motifs is 5. The third-order valence-electron chi connectivity index (χ3n) is 16.5. The van der Waals surface area contributed by atoms with Gasteiger partial charge in [-0.3, -0.25) is 0 Å². The van der Waals surface area contributed by atoms with Gasteiger partial charge in [0, 0.05) is 45.0 Å². The second-order valence-corrected chi connectivity index (χ2v) is 21.5. The molecule has 0 aromatic heterocycles. The molecule has 0 N–H and O–H groups in total. The number of rotatable bonds is 9. The van der Waals surface area contributed by atoms with Gasteiger partial charge in [-0.25, -0.2) is 0 Å². The van der Waals surface area contributed by atoms with Crippen LogP contribution < -0.4 is 9.80 Å². The minimum atomic E-state index is -0.0892. The molecule has 0 saturated heterocycles. The standard InChI is InChI=1S/C62H64N2/c1-60(2,3)48-15-14-38-62(42-48,46-26-32-52(33-27-46)63(49-16-8-6-9-17-49)51-30-24-44(25-31-51)57-40-43-22-23-45(57)39-43)47-28-34-53(35-29-47)64(50-18-10-7-11-19-50)54-36-37-56-55-20-12-13-21-58(55)61(4,5)59(56)41-54/h6-13,16-21,24-37,41,43,45,48,57H,14-15,22-23,38-40,42H2,1-5H3. The molecule has 2 bridgehead atoms. The summed E-state index contributed by atoms with van der Waals surface area (Å²) < 4.78 is 0. The van der Waals surface area contributed by atoms with Gasteiger partial charge in [-0.2, -0.15) is 0 Å². The lowest BCUT2D eigenvalue weighted by Crippen LogP contribution is -2.38. The van der Waals surface area contributed by atoms with E-state index in [0.29, 0.717) is 5.92 Å². The Morgan fingerprint density at radius 1 is 0.484 bits per heavy atom. The number of hydrogen-bond donors (Lipinski definition) is 0. The van der Waals surface area contributed by atoms with Crippen molar-refractivity contribution in [2.24, 2.45) is 23.2 Å². The Morgan fingerprint density at radius 3 is 1.56 bits per heavy atom. The molecule has 322 valence electrons. The SMILES string of the molecule is CC1(C)c2ccccc2-c2ccc(N(c3ccccc3)c3ccc(C4(c5ccc(N(c6ccccc6)c6ccc(C7CC8CCC7C8)cc6)cc5)CCCC(C(C)(C)C)C4)cc3)cc21. The smallest absolute Gasteiger partial charge is 0.0465 e. The van der Waals surface area contributed by atoms with E-state index in [4.69, 9.17) is 0 Å². The highest BCUT2D eigenvalue weighted by atomic mass is 15.1. The highest BCUT2D eigenvalue weighted by Gasteiger charge is 2.43. The number of benzene rings is 7. The van der Waals surface area contributed by atoms with Gasteiger partial charge in [0.25, 0.3) is 0 Å². The van der Waals surface area contributed by atoms with Gasteiger partial charge in [0.1, 0.15) is 0 Å². The summed E-state index contributed by atoms with van der Waals surface area (Å²) in [7, 11) is 0. The van der Waals surface area contributed by atoms with Crippen LogP contribution in [-0.2, 0) is 10.8 Å². The van der Waals surface area contributed by atoms with Gasteiger partial charge in [-0.1, -0.05) is 151 Å². The van der Waals surface area contributed by atoms with Crippen molar-refractivity contribution in [3.63, 3.8) is 0 Å². The predicted octanol–water partition coefficient (Wildman–Crippen LogP) is 17.4.